The first-order valence-electron chi connectivity index (χ1n) is 5.51. The van der Waals surface area contributed by atoms with Gasteiger partial charge in [0.25, 0.3) is 5.91 Å². The topological polar surface area (TPSA) is 102 Å². The van der Waals surface area contributed by atoms with Crippen molar-refractivity contribution in [3.05, 3.63) is 35.9 Å². The maximum absolute atomic E-state index is 12.0. The van der Waals surface area contributed by atoms with Crippen LogP contribution in [-0.2, 0) is 14.1 Å². The smallest absolute Gasteiger partial charge is 0.352 e. The lowest BCUT2D eigenvalue weighted by atomic mass is 10.3. The number of rotatable bonds is 3. The van der Waals surface area contributed by atoms with Crippen LogP contribution in [0.5, 0.6) is 0 Å². The summed E-state index contributed by atoms with van der Waals surface area (Å²) in [6, 6.07) is 2.95. The number of amides is 1. The number of carboxylic acid groups (broad SMARTS) is 1. The fraction of sp³-hybridized carbons (Fsp3) is 0.167. The van der Waals surface area contributed by atoms with Gasteiger partial charge in [-0.25, -0.2) is 4.79 Å². The largest absolute Gasteiger partial charge is 0.477 e. The molecule has 0 unspecified atom stereocenters. The third-order valence-electron chi connectivity index (χ3n) is 2.74. The molecule has 0 fully saturated rings. The van der Waals surface area contributed by atoms with E-state index < -0.39 is 5.97 Å². The van der Waals surface area contributed by atoms with E-state index in [1.807, 2.05) is 0 Å². The summed E-state index contributed by atoms with van der Waals surface area (Å²) in [6.07, 6.45) is 3.16. The number of nitrogens with two attached hydrogens (primary N) is 1. The monoisotopic (exact) mass is 262 g/mol. The van der Waals surface area contributed by atoms with Crippen LogP contribution < -0.4 is 11.1 Å². The zero-order chi connectivity index (χ0) is 14.2. The van der Waals surface area contributed by atoms with Crippen LogP contribution in [0.15, 0.2) is 24.5 Å². The number of nitrogens with one attached hydrogen (secondary N) is 1. The average molecular weight is 262 g/mol. The van der Waals surface area contributed by atoms with Crippen LogP contribution in [-0.4, -0.2) is 26.1 Å². The molecule has 0 aliphatic heterocycles. The van der Waals surface area contributed by atoms with Gasteiger partial charge in [0.1, 0.15) is 11.4 Å². The minimum Gasteiger partial charge on any atom is -0.477 e. The molecule has 7 heteroatoms. The van der Waals surface area contributed by atoms with E-state index in [2.05, 4.69) is 5.32 Å². The molecule has 100 valence electrons. The minimum absolute atomic E-state index is 0.0988. The third kappa shape index (κ3) is 2.44. The molecule has 0 bridgehead atoms. The molecule has 0 aromatic carbocycles. The molecular formula is C12H14N4O3. The molecule has 2 heterocycles. The van der Waals surface area contributed by atoms with Crippen molar-refractivity contribution in [3.63, 3.8) is 0 Å². The number of hydrogen-bond donors (Lipinski definition) is 3. The van der Waals surface area contributed by atoms with Crippen LogP contribution in [0.1, 0.15) is 21.0 Å². The van der Waals surface area contributed by atoms with Crippen LogP contribution in [0.4, 0.5) is 11.4 Å². The highest BCUT2D eigenvalue weighted by Gasteiger charge is 2.14. The van der Waals surface area contributed by atoms with Crippen LogP contribution >= 0.6 is 0 Å². The summed E-state index contributed by atoms with van der Waals surface area (Å²) in [4.78, 5) is 22.9. The highest BCUT2D eigenvalue weighted by atomic mass is 16.4. The molecule has 4 N–H and O–H groups in total. The SMILES string of the molecule is Cn1cc(NC(=O)c2cc(N)cn2C)cc1C(=O)O. The van der Waals surface area contributed by atoms with Crippen molar-refractivity contribution in [1.82, 2.24) is 9.13 Å². The van der Waals surface area contributed by atoms with Gasteiger partial charge in [0.05, 0.1) is 11.4 Å². The Hall–Kier alpha value is -2.70. The summed E-state index contributed by atoms with van der Waals surface area (Å²) in [6.45, 7) is 0. The Morgan fingerprint density at radius 1 is 1.16 bits per heavy atom. The molecular weight excluding hydrogens is 248 g/mol. The molecule has 0 radical (unpaired) electrons. The van der Waals surface area contributed by atoms with Gasteiger partial charge in [-0.05, 0) is 12.1 Å². The van der Waals surface area contributed by atoms with Crippen molar-refractivity contribution < 1.29 is 14.7 Å². The Labute approximate surface area is 109 Å². The quantitative estimate of drug-likeness (QED) is 0.764. The highest BCUT2D eigenvalue weighted by Crippen LogP contribution is 2.15. The second-order valence-electron chi connectivity index (χ2n) is 4.25. The van der Waals surface area contributed by atoms with Crippen LogP contribution in [0.2, 0.25) is 0 Å². The number of carbonyl (C=O) groups is 2. The predicted octanol–water partition coefficient (Wildman–Crippen LogP) is 0.896. The van der Waals surface area contributed by atoms with Gasteiger partial charge in [-0.2, -0.15) is 0 Å². The molecule has 2 aromatic heterocycles. The summed E-state index contributed by atoms with van der Waals surface area (Å²) in [5.74, 6) is -1.40. The molecule has 0 aliphatic carbocycles. The van der Waals surface area contributed by atoms with Crippen molar-refractivity contribution in [3.8, 4) is 0 Å². The van der Waals surface area contributed by atoms with Gasteiger partial charge in [0.2, 0.25) is 0 Å². The zero-order valence-corrected chi connectivity index (χ0v) is 10.5. The molecule has 2 aromatic rings. The minimum atomic E-state index is -1.05. The number of aromatic carboxylic acids is 1. The average Bonchev–Trinajstić information content (AvgIpc) is 2.81. The Bertz CT molecular complexity index is 654. The Balaban J connectivity index is 2.22. The number of carbonyl (C=O) groups excluding carboxylic acids is 1. The molecule has 0 spiro atoms. The van der Waals surface area contributed by atoms with Crippen molar-refractivity contribution >= 4 is 23.3 Å². The normalized spacial score (nSPS) is 10.4. The van der Waals surface area contributed by atoms with Gasteiger partial charge in [-0.3, -0.25) is 4.79 Å². The van der Waals surface area contributed by atoms with E-state index in [0.717, 1.165) is 0 Å². The molecule has 0 saturated heterocycles. The number of carboxylic acids is 1. The number of aryl methyl sites for hydroxylation is 2. The Morgan fingerprint density at radius 3 is 2.26 bits per heavy atom. The summed E-state index contributed by atoms with van der Waals surface area (Å²) in [7, 11) is 3.30. The lowest BCUT2D eigenvalue weighted by molar-refractivity contribution is 0.0686. The highest BCUT2D eigenvalue weighted by molar-refractivity contribution is 6.04. The molecule has 0 saturated carbocycles. The van der Waals surface area contributed by atoms with Gasteiger partial charge in [-0.1, -0.05) is 0 Å². The van der Waals surface area contributed by atoms with Gasteiger partial charge in [0.15, 0.2) is 0 Å². The number of nitrogens with zero attached hydrogens (tertiary/aromatic N) is 2. The molecule has 0 atom stereocenters. The summed E-state index contributed by atoms with van der Waals surface area (Å²) < 4.78 is 3.03. The van der Waals surface area contributed by atoms with Crippen molar-refractivity contribution in [2.75, 3.05) is 11.1 Å². The fourth-order valence-corrected chi connectivity index (χ4v) is 1.86. The lowest BCUT2D eigenvalue weighted by Gasteiger charge is -2.03. The number of hydrogen-bond acceptors (Lipinski definition) is 3. The first-order chi connectivity index (χ1) is 8.88. The molecule has 7 nitrogen and oxygen atoms in total. The Morgan fingerprint density at radius 2 is 1.79 bits per heavy atom. The molecule has 2 rings (SSSR count). The molecule has 19 heavy (non-hydrogen) atoms. The van der Waals surface area contributed by atoms with Gasteiger partial charge < -0.3 is 25.3 Å². The van der Waals surface area contributed by atoms with Crippen molar-refractivity contribution in [2.45, 2.75) is 0 Å². The van der Waals surface area contributed by atoms with Crippen molar-refractivity contribution in [2.24, 2.45) is 14.1 Å². The maximum atomic E-state index is 12.0. The summed E-state index contributed by atoms with van der Waals surface area (Å²) in [5.41, 5.74) is 7.01. The van der Waals surface area contributed by atoms with E-state index in [1.54, 1.807) is 30.9 Å². The summed E-state index contributed by atoms with van der Waals surface area (Å²) >= 11 is 0. The van der Waals surface area contributed by atoms with E-state index in [4.69, 9.17) is 10.8 Å². The van der Waals surface area contributed by atoms with Crippen LogP contribution in [0.25, 0.3) is 0 Å². The van der Waals surface area contributed by atoms with Gasteiger partial charge in [0, 0.05) is 26.5 Å². The first kappa shape index (κ1) is 12.7. The first-order valence-corrected chi connectivity index (χ1v) is 5.51. The lowest BCUT2D eigenvalue weighted by Crippen LogP contribution is -2.14. The van der Waals surface area contributed by atoms with Crippen LogP contribution in [0.3, 0.4) is 0 Å². The fourth-order valence-electron chi connectivity index (χ4n) is 1.86. The Kier molecular flexibility index (Phi) is 3.04. The number of aromatic nitrogens is 2. The maximum Gasteiger partial charge on any atom is 0.352 e. The van der Waals surface area contributed by atoms with E-state index in [9.17, 15) is 9.59 Å². The van der Waals surface area contributed by atoms with Crippen LogP contribution in [0, 0.1) is 0 Å². The second-order valence-corrected chi connectivity index (χ2v) is 4.25. The molecule has 0 aliphatic rings. The molecule has 1 amide bonds. The van der Waals surface area contributed by atoms with E-state index >= 15 is 0 Å². The predicted molar refractivity (Wildman–Crippen MR) is 70.2 cm³/mol. The van der Waals surface area contributed by atoms with Gasteiger partial charge in [-0.15, -0.1) is 0 Å². The standard InChI is InChI=1S/C12H14N4O3/c1-15-5-7(13)3-9(15)11(17)14-8-4-10(12(18)19)16(2)6-8/h3-6H,13H2,1-2H3,(H,14,17)(H,18,19). The number of nitrogen functional groups attached to an aromatic ring is 1. The number of anilines is 2. The zero-order valence-electron chi connectivity index (χ0n) is 10.5. The van der Waals surface area contributed by atoms with Gasteiger partial charge >= 0.3 is 5.97 Å². The second kappa shape index (κ2) is 4.52. The van der Waals surface area contributed by atoms with E-state index in [0.29, 0.717) is 17.1 Å². The van der Waals surface area contributed by atoms with Crippen molar-refractivity contribution in [1.29, 1.82) is 0 Å². The van der Waals surface area contributed by atoms with E-state index in [-0.39, 0.29) is 11.6 Å². The van der Waals surface area contributed by atoms with E-state index in [1.165, 1.54) is 16.8 Å². The third-order valence-corrected chi connectivity index (χ3v) is 2.74. The summed E-state index contributed by atoms with van der Waals surface area (Å²) in [5, 5.41) is 11.6.